The number of pyridine rings is 1. The summed E-state index contributed by atoms with van der Waals surface area (Å²) in [5.41, 5.74) is 10.7. The van der Waals surface area contributed by atoms with Gasteiger partial charge >= 0.3 is 0 Å². The van der Waals surface area contributed by atoms with Crippen molar-refractivity contribution in [2.75, 3.05) is 69.5 Å². The third-order valence-corrected chi connectivity index (χ3v) is 6.08. The number of fused-ring (bicyclic) bond motifs is 1. The number of nitrogen functional groups attached to an aromatic ring is 1. The Morgan fingerprint density at radius 3 is 2.47 bits per heavy atom. The van der Waals surface area contributed by atoms with E-state index in [2.05, 4.69) is 37.2 Å². The van der Waals surface area contributed by atoms with E-state index in [0.29, 0.717) is 23.9 Å². The molecule has 0 spiro atoms. The first-order valence-electron chi connectivity index (χ1n) is 12.1. The molecule has 2 aromatic heterocycles. The van der Waals surface area contributed by atoms with Crippen LogP contribution in [0.3, 0.4) is 0 Å². The summed E-state index contributed by atoms with van der Waals surface area (Å²) in [5, 5.41) is 4.05. The molecule has 1 fully saturated rings. The molecule has 5 rings (SSSR count). The Kier molecular flexibility index (Phi) is 7.11. The number of rotatable bonds is 8. The Labute approximate surface area is 210 Å². The fraction of sp³-hybridized carbons (Fsp3) is 0.296. The Balaban J connectivity index is 1.37. The number of likely N-dealkylation sites (N-methyl/N-ethyl adjacent to an activating group) is 1. The molecule has 0 unspecified atom stereocenters. The third-order valence-electron chi connectivity index (χ3n) is 6.08. The van der Waals surface area contributed by atoms with Gasteiger partial charge in [0.15, 0.2) is 0 Å². The number of morpholine rings is 1. The van der Waals surface area contributed by atoms with Gasteiger partial charge in [-0.25, -0.2) is 4.98 Å². The van der Waals surface area contributed by atoms with Crippen molar-refractivity contribution >= 4 is 34.0 Å². The van der Waals surface area contributed by atoms with Gasteiger partial charge in [-0.2, -0.15) is 4.98 Å². The maximum Gasteiger partial charge on any atom is 0.229 e. The highest BCUT2D eigenvalue weighted by Gasteiger charge is 2.14. The van der Waals surface area contributed by atoms with Gasteiger partial charge in [-0.15, -0.1) is 0 Å². The fourth-order valence-corrected chi connectivity index (χ4v) is 4.11. The molecule has 9 nitrogen and oxygen atoms in total. The van der Waals surface area contributed by atoms with Crippen LogP contribution in [-0.2, 0) is 4.74 Å². The number of benzene rings is 2. The first kappa shape index (κ1) is 23.8. The van der Waals surface area contributed by atoms with E-state index in [1.165, 1.54) is 5.69 Å². The highest BCUT2D eigenvalue weighted by atomic mass is 16.5. The average molecular weight is 486 g/mol. The van der Waals surface area contributed by atoms with Gasteiger partial charge in [0.2, 0.25) is 5.95 Å². The largest absolute Gasteiger partial charge is 0.492 e. The molecule has 0 bridgehead atoms. The lowest BCUT2D eigenvalue weighted by molar-refractivity contribution is 0.122. The summed E-state index contributed by atoms with van der Waals surface area (Å²) in [6, 6.07) is 17.9. The second-order valence-electron chi connectivity index (χ2n) is 8.94. The van der Waals surface area contributed by atoms with Gasteiger partial charge in [-0.05, 0) is 68.7 Å². The quantitative estimate of drug-likeness (QED) is 0.386. The molecular formula is C27H31N7O2. The zero-order chi connectivity index (χ0) is 24.9. The number of anilines is 4. The van der Waals surface area contributed by atoms with E-state index >= 15 is 0 Å². The minimum atomic E-state index is 0.403. The Morgan fingerprint density at radius 1 is 1.00 bits per heavy atom. The molecule has 0 radical (unpaired) electrons. The van der Waals surface area contributed by atoms with Crippen LogP contribution in [0.4, 0.5) is 23.1 Å². The molecule has 1 aliphatic heterocycles. The molecule has 1 saturated heterocycles. The normalized spacial score (nSPS) is 13.8. The van der Waals surface area contributed by atoms with Gasteiger partial charge in [-0.3, -0.25) is 4.98 Å². The Bertz CT molecular complexity index is 1300. The van der Waals surface area contributed by atoms with E-state index in [4.69, 9.17) is 20.2 Å². The molecule has 1 aliphatic rings. The summed E-state index contributed by atoms with van der Waals surface area (Å²) in [5.74, 6) is 1.65. The highest BCUT2D eigenvalue weighted by Crippen LogP contribution is 2.30. The molecule has 0 atom stereocenters. The zero-order valence-corrected chi connectivity index (χ0v) is 20.6. The van der Waals surface area contributed by atoms with Crippen molar-refractivity contribution in [2.45, 2.75) is 0 Å². The van der Waals surface area contributed by atoms with Crippen molar-refractivity contribution in [1.29, 1.82) is 0 Å². The number of nitrogens with one attached hydrogen (secondary N) is 1. The van der Waals surface area contributed by atoms with E-state index in [1.54, 1.807) is 6.20 Å². The molecule has 186 valence electrons. The summed E-state index contributed by atoms with van der Waals surface area (Å²) in [6.07, 6.45) is 1.73. The van der Waals surface area contributed by atoms with Crippen LogP contribution in [-0.4, -0.2) is 73.4 Å². The van der Waals surface area contributed by atoms with Gasteiger partial charge in [-0.1, -0.05) is 0 Å². The van der Waals surface area contributed by atoms with E-state index < -0.39 is 0 Å². The maximum atomic E-state index is 6.32. The van der Waals surface area contributed by atoms with Gasteiger partial charge in [0, 0.05) is 48.2 Å². The molecule has 0 amide bonds. The number of nitrogens with zero attached hydrogens (tertiary/aromatic N) is 5. The average Bonchev–Trinajstić information content (AvgIpc) is 2.90. The predicted molar refractivity (Wildman–Crippen MR) is 144 cm³/mol. The topological polar surface area (TPSA) is 102 Å². The first-order valence-corrected chi connectivity index (χ1v) is 12.1. The lowest BCUT2D eigenvalue weighted by atomic mass is 10.1. The van der Waals surface area contributed by atoms with Gasteiger partial charge in [0.25, 0.3) is 0 Å². The van der Waals surface area contributed by atoms with Crippen molar-refractivity contribution in [2.24, 2.45) is 0 Å². The summed E-state index contributed by atoms with van der Waals surface area (Å²) in [6.45, 7) is 4.80. The number of nitrogens with two attached hydrogens (primary N) is 1. The van der Waals surface area contributed by atoms with Gasteiger partial charge in [0.1, 0.15) is 23.7 Å². The van der Waals surface area contributed by atoms with Crippen molar-refractivity contribution in [3.8, 4) is 17.0 Å². The maximum absolute atomic E-state index is 6.32. The summed E-state index contributed by atoms with van der Waals surface area (Å²) < 4.78 is 11.3. The van der Waals surface area contributed by atoms with Crippen LogP contribution in [0.15, 0.2) is 60.8 Å². The van der Waals surface area contributed by atoms with Crippen molar-refractivity contribution in [1.82, 2.24) is 19.9 Å². The summed E-state index contributed by atoms with van der Waals surface area (Å²) in [4.78, 5) is 18.3. The smallest absolute Gasteiger partial charge is 0.229 e. The van der Waals surface area contributed by atoms with Crippen molar-refractivity contribution in [3.05, 3.63) is 60.8 Å². The Hall–Kier alpha value is -3.95. The molecule has 0 aliphatic carbocycles. The molecule has 2 aromatic carbocycles. The molecular weight excluding hydrogens is 454 g/mol. The monoisotopic (exact) mass is 485 g/mol. The van der Waals surface area contributed by atoms with Crippen LogP contribution < -0.4 is 20.7 Å². The van der Waals surface area contributed by atoms with Crippen molar-refractivity contribution < 1.29 is 9.47 Å². The molecule has 3 N–H and O–H groups in total. The van der Waals surface area contributed by atoms with Crippen LogP contribution in [0.1, 0.15) is 0 Å². The first-order chi connectivity index (χ1) is 17.6. The summed E-state index contributed by atoms with van der Waals surface area (Å²) >= 11 is 0. The Morgan fingerprint density at radius 2 is 1.75 bits per heavy atom. The minimum absolute atomic E-state index is 0.403. The SMILES string of the molecule is CN(C)CCOc1ccc(-c2nccc3c(N)nc(Nc4ccc(N5CCOCC5)cc4)nc23)cc1. The van der Waals surface area contributed by atoms with Crippen LogP contribution in [0, 0.1) is 0 Å². The molecule has 9 heteroatoms. The second kappa shape index (κ2) is 10.8. The van der Waals surface area contributed by atoms with Gasteiger partial charge < -0.3 is 30.3 Å². The van der Waals surface area contributed by atoms with Crippen LogP contribution in [0.2, 0.25) is 0 Å². The highest BCUT2D eigenvalue weighted by molar-refractivity contribution is 5.97. The zero-order valence-electron chi connectivity index (χ0n) is 20.6. The van der Waals surface area contributed by atoms with Gasteiger partial charge in [0.05, 0.1) is 18.9 Å². The number of hydrogen-bond acceptors (Lipinski definition) is 9. The molecule has 3 heterocycles. The second-order valence-corrected chi connectivity index (χ2v) is 8.94. The number of ether oxygens (including phenoxy) is 2. The van der Waals surface area contributed by atoms with E-state index in [9.17, 15) is 0 Å². The minimum Gasteiger partial charge on any atom is -0.492 e. The van der Waals surface area contributed by atoms with E-state index in [-0.39, 0.29) is 0 Å². The number of aromatic nitrogens is 3. The lowest BCUT2D eigenvalue weighted by Gasteiger charge is -2.28. The summed E-state index contributed by atoms with van der Waals surface area (Å²) in [7, 11) is 4.05. The molecule has 4 aromatic rings. The number of hydrogen-bond donors (Lipinski definition) is 2. The molecule has 36 heavy (non-hydrogen) atoms. The third kappa shape index (κ3) is 5.48. The standard InChI is InChI=1S/C27H31N7O2/c1-33(2)13-18-36-22-9-3-19(4-10-22)24-25-23(11-12-29-24)26(28)32-27(31-25)30-20-5-7-21(8-6-20)34-14-16-35-17-15-34/h3-12H,13-18H2,1-2H3,(H3,28,30,31,32). The van der Waals surface area contributed by atoms with E-state index in [1.807, 2.05) is 56.6 Å². The van der Waals surface area contributed by atoms with Crippen molar-refractivity contribution in [3.63, 3.8) is 0 Å². The van der Waals surface area contributed by atoms with E-state index in [0.717, 1.165) is 60.9 Å². The van der Waals surface area contributed by atoms with Crippen LogP contribution in [0.25, 0.3) is 22.2 Å². The molecule has 0 saturated carbocycles. The predicted octanol–water partition coefficient (Wildman–Crippen LogP) is 3.79. The van der Waals surface area contributed by atoms with Crippen LogP contribution >= 0.6 is 0 Å². The van der Waals surface area contributed by atoms with Crippen LogP contribution in [0.5, 0.6) is 5.75 Å². The fourth-order valence-electron chi connectivity index (χ4n) is 4.11. The lowest BCUT2D eigenvalue weighted by Crippen LogP contribution is -2.36.